The summed E-state index contributed by atoms with van der Waals surface area (Å²) in [5, 5.41) is 4.34. The van der Waals surface area contributed by atoms with Crippen LogP contribution in [0.2, 0.25) is 0 Å². The van der Waals surface area contributed by atoms with Gasteiger partial charge in [0.25, 0.3) is 0 Å². The molecule has 4 aromatic rings. The summed E-state index contributed by atoms with van der Waals surface area (Å²) in [7, 11) is 0. The van der Waals surface area contributed by atoms with Crippen molar-refractivity contribution >= 4 is 22.5 Å². The number of hydrogen-bond acceptors (Lipinski definition) is 5. The van der Waals surface area contributed by atoms with E-state index in [1.807, 2.05) is 30.5 Å². The number of aromatic nitrogens is 5. The molecule has 1 N–H and O–H groups in total. The van der Waals surface area contributed by atoms with Crippen molar-refractivity contribution in [3.63, 3.8) is 0 Å². The third-order valence-corrected chi connectivity index (χ3v) is 4.12. The summed E-state index contributed by atoms with van der Waals surface area (Å²) in [6.45, 7) is 4.17. The molecule has 6 nitrogen and oxygen atoms in total. The van der Waals surface area contributed by atoms with E-state index in [2.05, 4.69) is 43.7 Å². The minimum absolute atomic E-state index is 0.774. The van der Waals surface area contributed by atoms with Gasteiger partial charge in [0.05, 0.1) is 29.2 Å². The number of rotatable bonds is 3. The van der Waals surface area contributed by atoms with E-state index in [4.69, 9.17) is 0 Å². The molecule has 0 radical (unpaired) electrons. The van der Waals surface area contributed by atoms with Crippen LogP contribution < -0.4 is 5.32 Å². The number of fused-ring (bicyclic) bond motifs is 1. The molecule has 118 valence electrons. The van der Waals surface area contributed by atoms with Gasteiger partial charge in [0.2, 0.25) is 0 Å². The van der Waals surface area contributed by atoms with Gasteiger partial charge in [0, 0.05) is 18.1 Å². The van der Waals surface area contributed by atoms with Gasteiger partial charge in [-0.05, 0) is 43.7 Å². The highest BCUT2D eigenvalue weighted by molar-refractivity contribution is 5.94. The molecule has 0 saturated carbocycles. The summed E-state index contributed by atoms with van der Waals surface area (Å²) in [4.78, 5) is 17.3. The Labute approximate surface area is 139 Å². The Morgan fingerprint density at radius 1 is 0.958 bits per heavy atom. The number of nitrogens with zero attached hydrogens (tertiary/aromatic N) is 5. The second-order valence-electron chi connectivity index (χ2n) is 5.54. The van der Waals surface area contributed by atoms with Crippen LogP contribution in [0.4, 0.5) is 11.5 Å². The summed E-state index contributed by atoms with van der Waals surface area (Å²) in [6, 6.07) is 7.79. The second kappa shape index (κ2) is 5.73. The number of anilines is 2. The standard InChI is InChI=1S/C18H16N6/c1-12-13(2)24(15-6-4-8-20-10-15)18-16(12)17(21-11-22-18)23-14-5-3-7-19-9-14/h3-11H,1-2H3,(H,21,22,23). The molecule has 0 bridgehead atoms. The van der Waals surface area contributed by atoms with Crippen molar-refractivity contribution in [1.82, 2.24) is 24.5 Å². The average molecular weight is 316 g/mol. The largest absolute Gasteiger partial charge is 0.338 e. The zero-order valence-electron chi connectivity index (χ0n) is 13.4. The Balaban J connectivity index is 1.93. The van der Waals surface area contributed by atoms with E-state index in [1.165, 1.54) is 0 Å². The third-order valence-electron chi connectivity index (χ3n) is 4.12. The predicted octanol–water partition coefficient (Wildman–Crippen LogP) is 3.57. The van der Waals surface area contributed by atoms with Gasteiger partial charge in [0.1, 0.15) is 12.1 Å². The lowest BCUT2D eigenvalue weighted by Crippen LogP contribution is -2.00. The van der Waals surface area contributed by atoms with Crippen LogP contribution in [0.3, 0.4) is 0 Å². The first-order valence-corrected chi connectivity index (χ1v) is 7.66. The first-order chi connectivity index (χ1) is 11.8. The summed E-state index contributed by atoms with van der Waals surface area (Å²) < 4.78 is 2.10. The Morgan fingerprint density at radius 2 is 1.75 bits per heavy atom. The van der Waals surface area contributed by atoms with E-state index in [-0.39, 0.29) is 0 Å². The van der Waals surface area contributed by atoms with Gasteiger partial charge in [-0.25, -0.2) is 9.97 Å². The van der Waals surface area contributed by atoms with Crippen molar-refractivity contribution in [1.29, 1.82) is 0 Å². The number of pyridine rings is 2. The Hall–Kier alpha value is -3.28. The fraction of sp³-hybridized carbons (Fsp3) is 0.111. The van der Waals surface area contributed by atoms with Crippen LogP contribution in [0.25, 0.3) is 16.7 Å². The molecule has 4 aromatic heterocycles. The maximum Gasteiger partial charge on any atom is 0.150 e. The van der Waals surface area contributed by atoms with Crippen molar-refractivity contribution in [2.75, 3.05) is 5.32 Å². The zero-order chi connectivity index (χ0) is 16.5. The van der Waals surface area contributed by atoms with E-state index < -0.39 is 0 Å². The quantitative estimate of drug-likeness (QED) is 0.626. The van der Waals surface area contributed by atoms with Crippen LogP contribution in [0.15, 0.2) is 55.4 Å². The summed E-state index contributed by atoms with van der Waals surface area (Å²) in [6.07, 6.45) is 8.69. The monoisotopic (exact) mass is 316 g/mol. The van der Waals surface area contributed by atoms with E-state index in [0.29, 0.717) is 0 Å². The molecule has 0 atom stereocenters. The highest BCUT2D eigenvalue weighted by Gasteiger charge is 2.17. The smallest absolute Gasteiger partial charge is 0.150 e. The molecular weight excluding hydrogens is 300 g/mol. The second-order valence-corrected chi connectivity index (χ2v) is 5.54. The van der Waals surface area contributed by atoms with Crippen LogP contribution in [-0.4, -0.2) is 24.5 Å². The van der Waals surface area contributed by atoms with Crippen LogP contribution in [0.1, 0.15) is 11.3 Å². The molecule has 0 aliphatic rings. The molecule has 6 heteroatoms. The van der Waals surface area contributed by atoms with Crippen molar-refractivity contribution < 1.29 is 0 Å². The number of aryl methyl sites for hydroxylation is 1. The number of nitrogens with one attached hydrogen (secondary N) is 1. The molecule has 0 saturated heterocycles. The Morgan fingerprint density at radius 3 is 2.46 bits per heavy atom. The van der Waals surface area contributed by atoms with E-state index in [1.54, 1.807) is 24.9 Å². The SMILES string of the molecule is Cc1c(C)n(-c2cccnc2)c2ncnc(Nc3cccnc3)c12. The van der Waals surface area contributed by atoms with Gasteiger partial charge in [-0.3, -0.25) is 14.5 Å². The van der Waals surface area contributed by atoms with Crippen molar-refractivity contribution in [3.05, 3.63) is 66.6 Å². The third kappa shape index (κ3) is 2.28. The molecule has 0 aliphatic heterocycles. The normalized spacial score (nSPS) is 10.9. The summed E-state index contributed by atoms with van der Waals surface area (Å²) >= 11 is 0. The van der Waals surface area contributed by atoms with E-state index in [0.717, 1.165) is 39.5 Å². The maximum atomic E-state index is 4.51. The van der Waals surface area contributed by atoms with Crippen LogP contribution in [0.5, 0.6) is 0 Å². The lowest BCUT2D eigenvalue weighted by atomic mass is 10.2. The molecule has 0 fully saturated rings. The van der Waals surface area contributed by atoms with Crippen LogP contribution >= 0.6 is 0 Å². The molecule has 0 aromatic carbocycles. The average Bonchev–Trinajstić information content (AvgIpc) is 2.88. The molecule has 4 heterocycles. The van der Waals surface area contributed by atoms with Crippen LogP contribution in [0, 0.1) is 13.8 Å². The van der Waals surface area contributed by atoms with Crippen LogP contribution in [-0.2, 0) is 0 Å². The van der Waals surface area contributed by atoms with Gasteiger partial charge >= 0.3 is 0 Å². The Kier molecular flexibility index (Phi) is 3.42. The molecule has 4 rings (SSSR count). The van der Waals surface area contributed by atoms with Crippen molar-refractivity contribution in [2.45, 2.75) is 13.8 Å². The topological polar surface area (TPSA) is 68.5 Å². The fourth-order valence-corrected chi connectivity index (χ4v) is 2.87. The number of hydrogen-bond donors (Lipinski definition) is 1. The lowest BCUT2D eigenvalue weighted by Gasteiger charge is -2.08. The van der Waals surface area contributed by atoms with E-state index in [9.17, 15) is 0 Å². The lowest BCUT2D eigenvalue weighted by molar-refractivity contribution is 1.00. The van der Waals surface area contributed by atoms with Gasteiger partial charge in [-0.15, -0.1) is 0 Å². The fourth-order valence-electron chi connectivity index (χ4n) is 2.87. The first kappa shape index (κ1) is 14.3. The summed E-state index contributed by atoms with van der Waals surface area (Å²) in [5.74, 6) is 0.774. The maximum absolute atomic E-state index is 4.51. The van der Waals surface area contributed by atoms with Gasteiger partial charge in [-0.2, -0.15) is 0 Å². The predicted molar refractivity (Wildman–Crippen MR) is 93.7 cm³/mol. The molecule has 0 unspecified atom stereocenters. The molecular formula is C18H16N6. The highest BCUT2D eigenvalue weighted by Crippen LogP contribution is 2.32. The van der Waals surface area contributed by atoms with Gasteiger partial charge < -0.3 is 5.32 Å². The van der Waals surface area contributed by atoms with E-state index >= 15 is 0 Å². The minimum Gasteiger partial charge on any atom is -0.338 e. The molecule has 0 aliphatic carbocycles. The van der Waals surface area contributed by atoms with Gasteiger partial charge in [0.15, 0.2) is 5.65 Å². The van der Waals surface area contributed by atoms with Crippen molar-refractivity contribution in [2.24, 2.45) is 0 Å². The molecule has 0 spiro atoms. The van der Waals surface area contributed by atoms with Crippen molar-refractivity contribution in [3.8, 4) is 5.69 Å². The molecule has 0 amide bonds. The van der Waals surface area contributed by atoms with Gasteiger partial charge in [-0.1, -0.05) is 0 Å². The summed E-state index contributed by atoms with van der Waals surface area (Å²) in [5.41, 5.74) is 5.00. The zero-order valence-corrected chi connectivity index (χ0v) is 13.4. The highest BCUT2D eigenvalue weighted by atomic mass is 15.1. The minimum atomic E-state index is 0.774. The Bertz CT molecular complexity index is 992. The first-order valence-electron chi connectivity index (χ1n) is 7.66. The molecule has 24 heavy (non-hydrogen) atoms.